The molecule has 1 unspecified atom stereocenters. The Kier molecular flexibility index (Phi) is 7.79. The largest absolute Gasteiger partial charge is 0.341 e. The molecule has 0 heterocycles. The number of rotatable bonds is 7. The van der Waals surface area contributed by atoms with Crippen molar-refractivity contribution in [3.05, 3.63) is 80.8 Å². The molecule has 0 bridgehead atoms. The molecule has 0 saturated heterocycles. The SMILES string of the molecule is Cc1c(C#N)cc2ccccc2c1C(=O)N(C)CC(CCN(C)C)c1ccc(Cl)c(Cl)c1. The predicted molar refractivity (Wildman–Crippen MR) is 133 cm³/mol. The van der Waals surface area contributed by atoms with Crippen LogP contribution in [0.3, 0.4) is 0 Å². The molecule has 0 aliphatic carbocycles. The molecule has 0 saturated carbocycles. The van der Waals surface area contributed by atoms with Gasteiger partial charge in [-0.25, -0.2) is 0 Å². The van der Waals surface area contributed by atoms with Crippen LogP contribution in [0.4, 0.5) is 0 Å². The maximum absolute atomic E-state index is 13.6. The molecule has 0 N–H and O–H groups in total. The number of carbonyl (C=O) groups is 1. The van der Waals surface area contributed by atoms with Crippen molar-refractivity contribution < 1.29 is 4.79 Å². The standard InChI is InChI=1S/C26H27Cl2N3O/c1-17-21(15-29)13-19-7-5-6-8-22(19)25(17)26(32)31(4)16-20(11-12-30(2)3)18-9-10-23(27)24(28)14-18/h5-10,13-14,20H,11-12,16H2,1-4H3. The lowest BCUT2D eigenvalue weighted by molar-refractivity contribution is 0.0785. The maximum atomic E-state index is 13.6. The van der Waals surface area contributed by atoms with Crippen LogP contribution in [-0.2, 0) is 0 Å². The molecule has 0 aromatic heterocycles. The highest BCUT2D eigenvalue weighted by molar-refractivity contribution is 6.42. The van der Waals surface area contributed by atoms with E-state index in [9.17, 15) is 10.1 Å². The van der Waals surface area contributed by atoms with Crippen LogP contribution in [0.25, 0.3) is 10.8 Å². The van der Waals surface area contributed by atoms with Gasteiger partial charge < -0.3 is 9.80 Å². The number of benzene rings is 3. The fraction of sp³-hybridized carbons (Fsp3) is 0.308. The monoisotopic (exact) mass is 467 g/mol. The first-order valence-electron chi connectivity index (χ1n) is 10.5. The molecule has 0 aliphatic rings. The molecule has 0 aliphatic heterocycles. The van der Waals surface area contributed by atoms with Crippen LogP contribution in [0.15, 0.2) is 48.5 Å². The zero-order valence-corrected chi connectivity index (χ0v) is 20.3. The molecule has 0 fully saturated rings. The first-order valence-corrected chi connectivity index (χ1v) is 11.3. The molecule has 4 nitrogen and oxygen atoms in total. The highest BCUT2D eigenvalue weighted by Gasteiger charge is 2.23. The van der Waals surface area contributed by atoms with Crippen LogP contribution < -0.4 is 0 Å². The lowest BCUT2D eigenvalue weighted by Gasteiger charge is -2.27. The second kappa shape index (κ2) is 10.4. The van der Waals surface area contributed by atoms with Gasteiger partial charge in [0.15, 0.2) is 0 Å². The summed E-state index contributed by atoms with van der Waals surface area (Å²) in [5.74, 6) is -0.00227. The smallest absolute Gasteiger partial charge is 0.254 e. The van der Waals surface area contributed by atoms with Crippen LogP contribution in [0.5, 0.6) is 0 Å². The third-order valence-corrected chi connectivity index (χ3v) is 6.56. The van der Waals surface area contributed by atoms with Gasteiger partial charge in [0, 0.05) is 19.5 Å². The van der Waals surface area contributed by atoms with Gasteiger partial charge >= 0.3 is 0 Å². The zero-order valence-electron chi connectivity index (χ0n) is 18.8. The average Bonchev–Trinajstić information content (AvgIpc) is 2.77. The van der Waals surface area contributed by atoms with Gasteiger partial charge in [0.1, 0.15) is 0 Å². The fourth-order valence-corrected chi connectivity index (χ4v) is 4.30. The van der Waals surface area contributed by atoms with Crippen molar-refractivity contribution in [2.75, 3.05) is 34.2 Å². The summed E-state index contributed by atoms with van der Waals surface area (Å²) in [4.78, 5) is 17.5. The van der Waals surface area contributed by atoms with Crippen molar-refractivity contribution in [3.63, 3.8) is 0 Å². The van der Waals surface area contributed by atoms with Crippen LogP contribution in [-0.4, -0.2) is 49.9 Å². The van der Waals surface area contributed by atoms with E-state index in [1.807, 2.05) is 70.5 Å². The van der Waals surface area contributed by atoms with Gasteiger partial charge in [-0.3, -0.25) is 4.79 Å². The number of nitrogens with zero attached hydrogens (tertiary/aromatic N) is 3. The van der Waals surface area contributed by atoms with Crippen molar-refractivity contribution in [1.82, 2.24) is 9.80 Å². The normalized spacial score (nSPS) is 12.1. The number of nitriles is 1. The Morgan fingerprint density at radius 1 is 1.06 bits per heavy atom. The Balaban J connectivity index is 1.97. The van der Waals surface area contributed by atoms with Gasteiger partial charge in [0.05, 0.1) is 27.2 Å². The Morgan fingerprint density at radius 3 is 2.44 bits per heavy atom. The van der Waals surface area contributed by atoms with E-state index in [-0.39, 0.29) is 11.8 Å². The molecule has 0 spiro atoms. The molecule has 3 aromatic rings. The van der Waals surface area contributed by atoms with Crippen molar-refractivity contribution in [3.8, 4) is 6.07 Å². The fourth-order valence-electron chi connectivity index (χ4n) is 3.99. The van der Waals surface area contributed by atoms with E-state index in [4.69, 9.17) is 23.2 Å². The van der Waals surface area contributed by atoms with E-state index in [0.29, 0.717) is 33.3 Å². The second-order valence-corrected chi connectivity index (χ2v) is 9.22. The summed E-state index contributed by atoms with van der Waals surface area (Å²) >= 11 is 12.4. The third-order valence-electron chi connectivity index (χ3n) is 5.82. The topological polar surface area (TPSA) is 47.3 Å². The third kappa shape index (κ3) is 5.24. The van der Waals surface area contributed by atoms with Gasteiger partial charge in [-0.1, -0.05) is 53.5 Å². The molecule has 3 aromatic carbocycles. The number of hydrogen-bond acceptors (Lipinski definition) is 3. The molecular weight excluding hydrogens is 441 g/mol. The van der Waals surface area contributed by atoms with Crippen molar-refractivity contribution in [2.24, 2.45) is 0 Å². The first-order chi connectivity index (χ1) is 15.2. The Hall–Kier alpha value is -2.58. The van der Waals surface area contributed by atoms with Gasteiger partial charge in [-0.15, -0.1) is 0 Å². The molecule has 1 atom stereocenters. The van der Waals surface area contributed by atoms with Crippen molar-refractivity contribution in [1.29, 1.82) is 5.26 Å². The van der Waals surface area contributed by atoms with E-state index in [1.165, 1.54) is 0 Å². The van der Waals surface area contributed by atoms with E-state index in [2.05, 4.69) is 11.0 Å². The second-order valence-electron chi connectivity index (χ2n) is 8.41. The Bertz CT molecular complexity index is 1180. The Labute approximate surface area is 199 Å². The molecular formula is C26H27Cl2N3O. The summed E-state index contributed by atoms with van der Waals surface area (Å²) in [6.45, 7) is 3.24. The minimum Gasteiger partial charge on any atom is -0.341 e. The van der Waals surface area contributed by atoms with Crippen molar-refractivity contribution in [2.45, 2.75) is 19.3 Å². The summed E-state index contributed by atoms with van der Waals surface area (Å²) in [5, 5.41) is 12.4. The van der Waals surface area contributed by atoms with E-state index in [0.717, 1.165) is 29.3 Å². The average molecular weight is 468 g/mol. The zero-order chi connectivity index (χ0) is 23.4. The molecule has 3 rings (SSSR count). The highest BCUT2D eigenvalue weighted by Crippen LogP contribution is 2.30. The summed E-state index contributed by atoms with van der Waals surface area (Å²) in [5.41, 5.74) is 2.87. The summed E-state index contributed by atoms with van der Waals surface area (Å²) in [7, 11) is 5.88. The lowest BCUT2D eigenvalue weighted by Crippen LogP contribution is -2.33. The van der Waals surface area contributed by atoms with Crippen LogP contribution in [0, 0.1) is 18.3 Å². The minimum atomic E-state index is -0.0919. The molecule has 6 heteroatoms. The molecule has 32 heavy (non-hydrogen) atoms. The van der Waals surface area contributed by atoms with Gasteiger partial charge in [0.2, 0.25) is 0 Å². The lowest BCUT2D eigenvalue weighted by atomic mass is 9.92. The summed E-state index contributed by atoms with van der Waals surface area (Å²) in [6, 6.07) is 17.4. The van der Waals surface area contributed by atoms with Gasteiger partial charge in [-0.2, -0.15) is 5.26 Å². The van der Waals surface area contributed by atoms with Crippen LogP contribution in [0.1, 0.15) is 39.4 Å². The number of likely N-dealkylation sites (N-methyl/N-ethyl adjacent to an activating group) is 1. The van der Waals surface area contributed by atoms with E-state index >= 15 is 0 Å². The van der Waals surface area contributed by atoms with Gasteiger partial charge in [-0.05, 0) is 74.1 Å². The van der Waals surface area contributed by atoms with Crippen LogP contribution in [0.2, 0.25) is 10.0 Å². The number of amides is 1. The number of hydrogen-bond donors (Lipinski definition) is 0. The van der Waals surface area contributed by atoms with Gasteiger partial charge in [0.25, 0.3) is 5.91 Å². The van der Waals surface area contributed by atoms with E-state index in [1.54, 1.807) is 11.0 Å². The van der Waals surface area contributed by atoms with E-state index < -0.39 is 0 Å². The number of fused-ring (bicyclic) bond motifs is 1. The highest BCUT2D eigenvalue weighted by atomic mass is 35.5. The first kappa shape index (κ1) is 24.1. The predicted octanol–water partition coefficient (Wildman–Crippen LogP) is 6.13. The maximum Gasteiger partial charge on any atom is 0.254 e. The van der Waals surface area contributed by atoms with Crippen molar-refractivity contribution >= 4 is 39.9 Å². The molecule has 1 amide bonds. The van der Waals surface area contributed by atoms with Crippen LogP contribution >= 0.6 is 23.2 Å². The quantitative estimate of drug-likeness (QED) is 0.419. The minimum absolute atomic E-state index is 0.0897. The summed E-state index contributed by atoms with van der Waals surface area (Å²) < 4.78 is 0. The molecule has 0 radical (unpaired) electrons. The number of carbonyl (C=O) groups excluding carboxylic acids is 1. The number of halogens is 2. The summed E-state index contributed by atoms with van der Waals surface area (Å²) in [6.07, 6.45) is 0.862. The molecule has 166 valence electrons. The Morgan fingerprint density at radius 2 is 1.78 bits per heavy atom.